The Morgan fingerprint density at radius 2 is 1.76 bits per heavy atom. The summed E-state index contributed by atoms with van der Waals surface area (Å²) in [6.07, 6.45) is 2.21. The van der Waals surface area contributed by atoms with Crippen LogP contribution in [0, 0.1) is 5.92 Å². The molecule has 0 aromatic heterocycles. The van der Waals surface area contributed by atoms with E-state index in [1.807, 2.05) is 20.8 Å². The standard InChI is InChI=1S/C13H23NO3/c1-10(15)9-11-5-7-14(8-6-11)12(16)17-13(2,3)4/h11H,5-9H2,1-4H3. The molecule has 1 heterocycles. The third kappa shape index (κ3) is 5.20. The summed E-state index contributed by atoms with van der Waals surface area (Å²) in [5.74, 6) is 0.673. The number of hydrogen-bond donors (Lipinski definition) is 0. The van der Waals surface area contributed by atoms with Crippen LogP contribution in [0.2, 0.25) is 0 Å². The van der Waals surface area contributed by atoms with Gasteiger partial charge in [0, 0.05) is 19.5 Å². The average Bonchev–Trinajstić information content (AvgIpc) is 2.15. The summed E-state index contributed by atoms with van der Waals surface area (Å²) in [4.78, 5) is 24.5. The van der Waals surface area contributed by atoms with Crippen molar-refractivity contribution in [2.45, 2.75) is 52.6 Å². The maximum absolute atomic E-state index is 11.8. The molecule has 0 radical (unpaired) electrons. The number of hydrogen-bond acceptors (Lipinski definition) is 3. The van der Waals surface area contributed by atoms with Crippen molar-refractivity contribution < 1.29 is 14.3 Å². The molecule has 1 amide bonds. The van der Waals surface area contributed by atoms with Crippen molar-refractivity contribution in [2.24, 2.45) is 5.92 Å². The van der Waals surface area contributed by atoms with Crippen LogP contribution in [-0.4, -0.2) is 35.5 Å². The van der Waals surface area contributed by atoms with E-state index in [4.69, 9.17) is 4.74 Å². The van der Waals surface area contributed by atoms with Crippen LogP contribution in [0.25, 0.3) is 0 Å². The third-order valence-corrected chi connectivity index (χ3v) is 2.84. The van der Waals surface area contributed by atoms with Gasteiger partial charge in [-0.05, 0) is 46.5 Å². The summed E-state index contributed by atoms with van der Waals surface area (Å²) >= 11 is 0. The Hall–Kier alpha value is -1.06. The number of carbonyl (C=O) groups is 2. The highest BCUT2D eigenvalue weighted by Gasteiger charge is 2.27. The van der Waals surface area contributed by atoms with Gasteiger partial charge in [0.1, 0.15) is 11.4 Å². The molecule has 0 aliphatic carbocycles. The van der Waals surface area contributed by atoms with Gasteiger partial charge in [-0.15, -0.1) is 0 Å². The van der Waals surface area contributed by atoms with Crippen LogP contribution >= 0.6 is 0 Å². The molecule has 4 heteroatoms. The van der Waals surface area contributed by atoms with Gasteiger partial charge in [0.05, 0.1) is 0 Å². The maximum Gasteiger partial charge on any atom is 0.410 e. The number of amides is 1. The lowest BCUT2D eigenvalue weighted by Gasteiger charge is -2.33. The van der Waals surface area contributed by atoms with Crippen LogP contribution in [0.5, 0.6) is 0 Å². The van der Waals surface area contributed by atoms with E-state index < -0.39 is 5.60 Å². The van der Waals surface area contributed by atoms with Crippen LogP contribution in [0.15, 0.2) is 0 Å². The minimum Gasteiger partial charge on any atom is -0.444 e. The van der Waals surface area contributed by atoms with Gasteiger partial charge in [-0.3, -0.25) is 0 Å². The molecule has 98 valence electrons. The van der Waals surface area contributed by atoms with Crippen molar-refractivity contribution in [1.29, 1.82) is 0 Å². The topological polar surface area (TPSA) is 46.6 Å². The van der Waals surface area contributed by atoms with E-state index in [0.717, 1.165) is 12.8 Å². The number of ketones is 1. The molecule has 0 spiro atoms. The first-order chi connectivity index (χ1) is 7.78. The van der Waals surface area contributed by atoms with E-state index in [9.17, 15) is 9.59 Å². The summed E-state index contributed by atoms with van der Waals surface area (Å²) in [5, 5.41) is 0. The van der Waals surface area contributed by atoms with Crippen molar-refractivity contribution in [3.63, 3.8) is 0 Å². The Balaban J connectivity index is 2.36. The van der Waals surface area contributed by atoms with E-state index in [0.29, 0.717) is 25.4 Å². The quantitative estimate of drug-likeness (QED) is 0.746. The number of rotatable bonds is 2. The molecule has 0 aromatic carbocycles. The molecule has 1 aliphatic rings. The first-order valence-electron chi connectivity index (χ1n) is 6.25. The van der Waals surface area contributed by atoms with Gasteiger partial charge in [-0.1, -0.05) is 0 Å². The Morgan fingerprint density at radius 1 is 1.24 bits per heavy atom. The largest absolute Gasteiger partial charge is 0.444 e. The second-order valence-electron chi connectivity index (χ2n) is 5.82. The number of ether oxygens (including phenoxy) is 1. The molecule has 0 unspecified atom stereocenters. The SMILES string of the molecule is CC(=O)CC1CCN(C(=O)OC(C)(C)C)CC1. The van der Waals surface area contributed by atoms with E-state index in [1.165, 1.54) is 0 Å². The van der Waals surface area contributed by atoms with Gasteiger partial charge in [0.2, 0.25) is 0 Å². The van der Waals surface area contributed by atoms with Gasteiger partial charge < -0.3 is 14.4 Å². The number of piperidine rings is 1. The summed E-state index contributed by atoms with van der Waals surface area (Å²) in [7, 11) is 0. The summed E-state index contributed by atoms with van der Waals surface area (Å²) in [5.41, 5.74) is -0.437. The van der Waals surface area contributed by atoms with Crippen molar-refractivity contribution in [3.05, 3.63) is 0 Å². The highest BCUT2D eigenvalue weighted by atomic mass is 16.6. The normalized spacial score (nSPS) is 18.0. The van der Waals surface area contributed by atoms with Gasteiger partial charge in [0.25, 0.3) is 0 Å². The van der Waals surface area contributed by atoms with E-state index in [2.05, 4.69) is 0 Å². The van der Waals surface area contributed by atoms with Crippen molar-refractivity contribution >= 4 is 11.9 Å². The van der Waals surface area contributed by atoms with Crippen molar-refractivity contribution in [1.82, 2.24) is 4.90 Å². The molecular formula is C13H23NO3. The van der Waals surface area contributed by atoms with Crippen molar-refractivity contribution in [3.8, 4) is 0 Å². The lowest BCUT2D eigenvalue weighted by Crippen LogP contribution is -2.41. The number of carbonyl (C=O) groups excluding carboxylic acids is 2. The maximum atomic E-state index is 11.8. The highest BCUT2D eigenvalue weighted by molar-refractivity contribution is 5.75. The second kappa shape index (κ2) is 5.52. The lowest BCUT2D eigenvalue weighted by molar-refractivity contribution is -0.118. The molecule has 1 saturated heterocycles. The summed E-state index contributed by atoms with van der Waals surface area (Å²) in [6.45, 7) is 8.63. The van der Waals surface area contributed by atoms with Gasteiger partial charge in [0.15, 0.2) is 0 Å². The molecule has 1 aliphatic heterocycles. The fourth-order valence-corrected chi connectivity index (χ4v) is 2.05. The molecule has 0 saturated carbocycles. The fourth-order valence-electron chi connectivity index (χ4n) is 2.05. The van der Waals surface area contributed by atoms with E-state index in [1.54, 1.807) is 11.8 Å². The van der Waals surface area contributed by atoms with Crippen LogP contribution < -0.4 is 0 Å². The first kappa shape index (κ1) is 14.0. The Labute approximate surface area is 103 Å². The molecule has 0 N–H and O–H groups in total. The third-order valence-electron chi connectivity index (χ3n) is 2.84. The smallest absolute Gasteiger partial charge is 0.410 e. The molecule has 0 bridgehead atoms. The molecule has 0 aromatic rings. The van der Waals surface area contributed by atoms with Gasteiger partial charge in [-0.25, -0.2) is 4.79 Å². The Kier molecular flexibility index (Phi) is 4.54. The van der Waals surface area contributed by atoms with Gasteiger partial charge in [-0.2, -0.15) is 0 Å². The minimum absolute atomic E-state index is 0.237. The predicted octanol–water partition coefficient (Wildman–Crippen LogP) is 2.61. The van der Waals surface area contributed by atoms with Crippen LogP contribution in [0.3, 0.4) is 0 Å². The Morgan fingerprint density at radius 3 is 2.18 bits per heavy atom. The second-order valence-corrected chi connectivity index (χ2v) is 5.82. The lowest BCUT2D eigenvalue weighted by atomic mass is 9.92. The number of likely N-dealkylation sites (tertiary alicyclic amines) is 1. The minimum atomic E-state index is -0.437. The zero-order valence-corrected chi connectivity index (χ0v) is 11.3. The average molecular weight is 241 g/mol. The number of nitrogens with zero attached hydrogens (tertiary/aromatic N) is 1. The number of Topliss-reactive ketones (excluding diaryl/α,β-unsaturated/α-hetero) is 1. The van der Waals surface area contributed by atoms with Crippen LogP contribution in [0.1, 0.15) is 47.0 Å². The predicted molar refractivity (Wildman–Crippen MR) is 65.8 cm³/mol. The first-order valence-corrected chi connectivity index (χ1v) is 6.25. The molecule has 4 nitrogen and oxygen atoms in total. The van der Waals surface area contributed by atoms with Crippen LogP contribution in [-0.2, 0) is 9.53 Å². The fraction of sp³-hybridized carbons (Fsp3) is 0.846. The summed E-state index contributed by atoms with van der Waals surface area (Å²) < 4.78 is 5.31. The highest BCUT2D eigenvalue weighted by Crippen LogP contribution is 2.22. The van der Waals surface area contributed by atoms with Gasteiger partial charge >= 0.3 is 6.09 Å². The molecule has 1 rings (SSSR count). The van der Waals surface area contributed by atoms with Crippen molar-refractivity contribution in [2.75, 3.05) is 13.1 Å². The molecule has 17 heavy (non-hydrogen) atoms. The van der Waals surface area contributed by atoms with E-state index in [-0.39, 0.29) is 11.9 Å². The molecular weight excluding hydrogens is 218 g/mol. The zero-order chi connectivity index (χ0) is 13.1. The van der Waals surface area contributed by atoms with E-state index >= 15 is 0 Å². The molecule has 1 fully saturated rings. The monoisotopic (exact) mass is 241 g/mol. The van der Waals surface area contributed by atoms with Crippen LogP contribution in [0.4, 0.5) is 4.79 Å². The zero-order valence-electron chi connectivity index (χ0n) is 11.3. The summed E-state index contributed by atoms with van der Waals surface area (Å²) in [6, 6.07) is 0. The molecule has 0 atom stereocenters. The Bertz CT molecular complexity index is 286.